The molecule has 1 aliphatic heterocycles. The van der Waals surface area contributed by atoms with E-state index < -0.39 is 16.5 Å². The molecule has 0 bridgehead atoms. The van der Waals surface area contributed by atoms with Gasteiger partial charge in [-0.1, -0.05) is 26.0 Å². The number of fused-ring (bicyclic) bond motifs is 1. The molecule has 20 heavy (non-hydrogen) atoms. The SMILES string of the molecule is CC.COC(CN1c2ccccc2N(C)S1(=O)=O)OC. The van der Waals surface area contributed by atoms with E-state index in [1.54, 1.807) is 24.3 Å². The van der Waals surface area contributed by atoms with Crippen molar-refractivity contribution in [2.24, 2.45) is 0 Å². The fourth-order valence-corrected chi connectivity index (χ4v) is 3.32. The molecule has 0 fully saturated rings. The van der Waals surface area contributed by atoms with Crippen LogP contribution in [-0.4, -0.2) is 42.5 Å². The zero-order valence-corrected chi connectivity index (χ0v) is 13.3. The Labute approximate surface area is 121 Å². The summed E-state index contributed by atoms with van der Waals surface area (Å²) in [6, 6.07) is 7.13. The lowest BCUT2D eigenvalue weighted by Crippen LogP contribution is -2.41. The largest absolute Gasteiger partial charge is 0.354 e. The van der Waals surface area contributed by atoms with Gasteiger partial charge in [-0.25, -0.2) is 4.31 Å². The molecule has 0 spiro atoms. The molecular formula is C13H22N2O4S. The van der Waals surface area contributed by atoms with Crippen molar-refractivity contribution in [3.63, 3.8) is 0 Å². The summed E-state index contributed by atoms with van der Waals surface area (Å²) in [7, 11) is 0.954. The van der Waals surface area contributed by atoms with Crippen LogP contribution in [0.5, 0.6) is 0 Å². The molecule has 0 amide bonds. The van der Waals surface area contributed by atoms with Crippen molar-refractivity contribution in [3.05, 3.63) is 24.3 Å². The van der Waals surface area contributed by atoms with E-state index in [2.05, 4.69) is 0 Å². The predicted octanol–water partition coefficient (Wildman–Crippen LogP) is 1.83. The Hall–Kier alpha value is -1.31. The van der Waals surface area contributed by atoms with Crippen molar-refractivity contribution in [1.29, 1.82) is 0 Å². The summed E-state index contributed by atoms with van der Waals surface area (Å²) in [5.41, 5.74) is 1.29. The second kappa shape index (κ2) is 6.92. The van der Waals surface area contributed by atoms with Crippen molar-refractivity contribution in [2.75, 3.05) is 36.4 Å². The molecule has 0 aliphatic carbocycles. The number of ether oxygens (including phenoxy) is 2. The Morgan fingerprint density at radius 3 is 2.10 bits per heavy atom. The van der Waals surface area contributed by atoms with E-state index >= 15 is 0 Å². The van der Waals surface area contributed by atoms with Gasteiger partial charge in [-0.05, 0) is 12.1 Å². The van der Waals surface area contributed by atoms with Gasteiger partial charge in [0.2, 0.25) is 0 Å². The minimum Gasteiger partial charge on any atom is -0.354 e. The summed E-state index contributed by atoms with van der Waals surface area (Å²) in [6.07, 6.45) is -0.598. The smallest absolute Gasteiger partial charge is 0.326 e. The summed E-state index contributed by atoms with van der Waals surface area (Å²) < 4.78 is 37.2. The molecule has 1 heterocycles. The Bertz CT molecular complexity index is 529. The van der Waals surface area contributed by atoms with Gasteiger partial charge < -0.3 is 9.47 Å². The maximum absolute atomic E-state index is 12.3. The molecule has 0 radical (unpaired) electrons. The van der Waals surface area contributed by atoms with Gasteiger partial charge in [0.25, 0.3) is 0 Å². The highest BCUT2D eigenvalue weighted by Gasteiger charge is 2.38. The van der Waals surface area contributed by atoms with Crippen LogP contribution in [-0.2, 0) is 19.7 Å². The average molecular weight is 302 g/mol. The summed E-state index contributed by atoms with van der Waals surface area (Å²) >= 11 is 0. The second-order valence-corrected chi connectivity index (χ2v) is 5.78. The molecule has 2 rings (SSSR count). The summed E-state index contributed by atoms with van der Waals surface area (Å²) in [5, 5.41) is 0. The highest BCUT2D eigenvalue weighted by molar-refractivity contribution is 7.94. The fourth-order valence-electron chi connectivity index (χ4n) is 1.91. The number of hydrogen-bond donors (Lipinski definition) is 0. The third-order valence-corrected chi connectivity index (χ3v) is 4.75. The average Bonchev–Trinajstić information content (AvgIpc) is 2.67. The second-order valence-electron chi connectivity index (χ2n) is 3.90. The number of benzene rings is 1. The van der Waals surface area contributed by atoms with E-state index in [0.717, 1.165) is 0 Å². The van der Waals surface area contributed by atoms with Gasteiger partial charge in [0.15, 0.2) is 6.29 Å². The van der Waals surface area contributed by atoms with Crippen LogP contribution in [0.3, 0.4) is 0 Å². The molecule has 0 N–H and O–H groups in total. The zero-order chi connectivity index (χ0) is 15.3. The van der Waals surface area contributed by atoms with E-state index in [4.69, 9.17) is 9.47 Å². The number of para-hydroxylation sites is 2. The quantitative estimate of drug-likeness (QED) is 0.796. The standard InChI is InChI=1S/C11H16N2O4S.C2H6/c1-12-9-6-4-5-7-10(9)13(18(12,14)15)8-11(16-2)17-3;1-2/h4-7,11H,8H2,1-3H3;1-2H3. The minimum atomic E-state index is -3.53. The number of rotatable bonds is 4. The Morgan fingerprint density at radius 2 is 1.60 bits per heavy atom. The van der Waals surface area contributed by atoms with Crippen LogP contribution in [0, 0.1) is 0 Å². The van der Waals surface area contributed by atoms with Crippen molar-refractivity contribution in [1.82, 2.24) is 0 Å². The van der Waals surface area contributed by atoms with Crippen LogP contribution in [0.25, 0.3) is 0 Å². The molecule has 1 aromatic rings. The van der Waals surface area contributed by atoms with Gasteiger partial charge in [0, 0.05) is 21.3 Å². The lowest BCUT2D eigenvalue weighted by Gasteiger charge is -2.23. The summed E-state index contributed by atoms with van der Waals surface area (Å²) in [5.74, 6) is 0. The number of hydrogen-bond acceptors (Lipinski definition) is 4. The molecule has 114 valence electrons. The maximum atomic E-state index is 12.3. The van der Waals surface area contributed by atoms with Gasteiger partial charge in [0.05, 0.1) is 17.9 Å². The van der Waals surface area contributed by atoms with Gasteiger partial charge >= 0.3 is 10.2 Å². The third kappa shape index (κ3) is 2.89. The van der Waals surface area contributed by atoms with Crippen LogP contribution in [0.15, 0.2) is 24.3 Å². The van der Waals surface area contributed by atoms with Gasteiger partial charge in [-0.3, -0.25) is 4.31 Å². The molecule has 6 nitrogen and oxygen atoms in total. The van der Waals surface area contributed by atoms with Gasteiger partial charge in [-0.2, -0.15) is 8.42 Å². The zero-order valence-electron chi connectivity index (χ0n) is 12.5. The highest BCUT2D eigenvalue weighted by atomic mass is 32.2. The number of methoxy groups -OCH3 is 2. The molecule has 0 unspecified atom stereocenters. The van der Waals surface area contributed by atoms with Crippen molar-refractivity contribution < 1.29 is 17.9 Å². The monoisotopic (exact) mass is 302 g/mol. The van der Waals surface area contributed by atoms with Crippen molar-refractivity contribution in [3.8, 4) is 0 Å². The molecule has 0 saturated carbocycles. The number of nitrogens with zero attached hydrogens (tertiary/aromatic N) is 2. The fraction of sp³-hybridized carbons (Fsp3) is 0.538. The summed E-state index contributed by atoms with van der Waals surface area (Å²) in [6.45, 7) is 4.12. The lowest BCUT2D eigenvalue weighted by atomic mass is 10.2. The van der Waals surface area contributed by atoms with Crippen LogP contribution >= 0.6 is 0 Å². The van der Waals surface area contributed by atoms with E-state index in [9.17, 15) is 8.42 Å². The van der Waals surface area contributed by atoms with E-state index in [1.165, 1.54) is 29.9 Å². The van der Waals surface area contributed by atoms with Crippen LogP contribution in [0.1, 0.15) is 13.8 Å². The predicted molar refractivity (Wildman–Crippen MR) is 80.3 cm³/mol. The van der Waals surface area contributed by atoms with E-state index in [-0.39, 0.29) is 6.54 Å². The highest BCUT2D eigenvalue weighted by Crippen LogP contribution is 2.39. The Kier molecular flexibility index (Phi) is 5.79. The van der Waals surface area contributed by atoms with E-state index in [0.29, 0.717) is 11.4 Å². The summed E-state index contributed by atoms with van der Waals surface area (Å²) in [4.78, 5) is 0. The van der Waals surface area contributed by atoms with Crippen LogP contribution in [0.4, 0.5) is 11.4 Å². The maximum Gasteiger partial charge on any atom is 0.326 e. The third-order valence-electron chi connectivity index (χ3n) is 2.95. The first-order valence-corrected chi connectivity index (χ1v) is 7.83. The molecule has 0 atom stereocenters. The molecule has 0 aromatic heterocycles. The number of anilines is 2. The first-order chi connectivity index (χ1) is 9.52. The lowest BCUT2D eigenvalue weighted by molar-refractivity contribution is -0.0931. The van der Waals surface area contributed by atoms with Crippen molar-refractivity contribution in [2.45, 2.75) is 20.1 Å². The molecule has 1 aliphatic rings. The Balaban J connectivity index is 0.000000956. The van der Waals surface area contributed by atoms with E-state index in [1.807, 2.05) is 13.8 Å². The first-order valence-electron chi connectivity index (χ1n) is 6.43. The first kappa shape index (κ1) is 16.7. The van der Waals surface area contributed by atoms with Gasteiger partial charge in [0.1, 0.15) is 0 Å². The molecule has 1 aromatic carbocycles. The topological polar surface area (TPSA) is 59.1 Å². The molecular weight excluding hydrogens is 280 g/mol. The van der Waals surface area contributed by atoms with Crippen molar-refractivity contribution >= 4 is 21.6 Å². The van der Waals surface area contributed by atoms with Gasteiger partial charge in [-0.15, -0.1) is 0 Å². The normalized spacial score (nSPS) is 15.9. The Morgan fingerprint density at radius 1 is 1.10 bits per heavy atom. The van der Waals surface area contributed by atoms with Crippen LogP contribution in [0.2, 0.25) is 0 Å². The molecule has 0 saturated heterocycles. The molecule has 7 heteroatoms. The minimum absolute atomic E-state index is 0.122. The van der Waals surface area contributed by atoms with Crippen LogP contribution < -0.4 is 8.61 Å².